The number of pyridine rings is 1. The van der Waals surface area contributed by atoms with Gasteiger partial charge in [-0.2, -0.15) is 13.2 Å². The lowest BCUT2D eigenvalue weighted by Crippen LogP contribution is -2.18. The summed E-state index contributed by atoms with van der Waals surface area (Å²) < 4.78 is 49.2. The SMILES string of the molecule is Cc1cc(OCC=C(Cl)Cl)cc(C)c1OCCCNCc1ccc(C(F)(F)F)cn1. The molecule has 0 bridgehead atoms. The van der Waals surface area contributed by atoms with Crippen molar-refractivity contribution in [2.24, 2.45) is 0 Å². The molecule has 0 radical (unpaired) electrons. The molecular weight excluding hydrogens is 440 g/mol. The number of hydrogen-bond donors (Lipinski definition) is 1. The molecule has 9 heteroatoms. The van der Waals surface area contributed by atoms with Gasteiger partial charge in [0, 0.05) is 12.7 Å². The lowest BCUT2D eigenvalue weighted by Gasteiger charge is -2.14. The number of hydrogen-bond acceptors (Lipinski definition) is 4. The van der Waals surface area contributed by atoms with Crippen LogP contribution in [0.2, 0.25) is 0 Å². The Morgan fingerprint density at radius 1 is 1.13 bits per heavy atom. The fraction of sp³-hybridized carbons (Fsp3) is 0.381. The van der Waals surface area contributed by atoms with Crippen molar-refractivity contribution in [3.8, 4) is 11.5 Å². The number of aryl methyl sites for hydroxylation is 2. The zero-order valence-electron chi connectivity index (χ0n) is 16.7. The molecule has 1 heterocycles. The van der Waals surface area contributed by atoms with Crippen LogP contribution >= 0.6 is 23.2 Å². The molecule has 4 nitrogen and oxygen atoms in total. The van der Waals surface area contributed by atoms with Gasteiger partial charge in [-0.25, -0.2) is 0 Å². The standard InChI is InChI=1S/C21H23Cl2F3N2O2/c1-14-10-18(29-9-6-19(22)23)11-15(2)20(14)30-8-3-7-27-13-17-5-4-16(12-28-17)21(24,25)26/h4-6,10-12,27H,3,7-9,13H2,1-2H3. The molecule has 30 heavy (non-hydrogen) atoms. The van der Waals surface area contributed by atoms with Gasteiger partial charge in [0.1, 0.15) is 22.6 Å². The van der Waals surface area contributed by atoms with Gasteiger partial charge in [0.25, 0.3) is 0 Å². The molecule has 1 aromatic carbocycles. The molecule has 0 aliphatic heterocycles. The van der Waals surface area contributed by atoms with E-state index in [1.54, 1.807) is 6.08 Å². The maximum Gasteiger partial charge on any atom is 0.417 e. The number of rotatable bonds is 10. The molecule has 0 aliphatic rings. The number of nitrogens with zero attached hydrogens (tertiary/aromatic N) is 1. The number of halogens is 5. The molecule has 0 atom stereocenters. The van der Waals surface area contributed by atoms with E-state index < -0.39 is 11.7 Å². The van der Waals surface area contributed by atoms with Crippen LogP contribution < -0.4 is 14.8 Å². The van der Waals surface area contributed by atoms with Gasteiger partial charge in [-0.05, 0) is 68.3 Å². The van der Waals surface area contributed by atoms with E-state index in [4.69, 9.17) is 32.7 Å². The summed E-state index contributed by atoms with van der Waals surface area (Å²) in [5, 5.41) is 3.15. The lowest BCUT2D eigenvalue weighted by atomic mass is 10.1. The summed E-state index contributed by atoms with van der Waals surface area (Å²) in [6, 6.07) is 6.17. The highest BCUT2D eigenvalue weighted by atomic mass is 35.5. The third kappa shape index (κ3) is 8.05. The first-order valence-corrected chi connectivity index (χ1v) is 10.0. The predicted octanol–water partition coefficient (Wildman–Crippen LogP) is 5.97. The summed E-state index contributed by atoms with van der Waals surface area (Å²) in [5.74, 6) is 1.51. The van der Waals surface area contributed by atoms with Crippen molar-refractivity contribution in [2.75, 3.05) is 19.8 Å². The van der Waals surface area contributed by atoms with Crippen molar-refractivity contribution in [2.45, 2.75) is 33.0 Å². The van der Waals surface area contributed by atoms with Crippen LogP contribution in [0.4, 0.5) is 13.2 Å². The van der Waals surface area contributed by atoms with E-state index in [0.717, 1.165) is 35.6 Å². The Balaban J connectivity index is 1.73. The maximum atomic E-state index is 12.5. The van der Waals surface area contributed by atoms with Crippen LogP contribution in [-0.2, 0) is 12.7 Å². The summed E-state index contributed by atoms with van der Waals surface area (Å²) in [6.45, 7) is 5.69. The highest BCUT2D eigenvalue weighted by Gasteiger charge is 2.30. The molecule has 0 amide bonds. The second-order valence-corrected chi connectivity index (χ2v) is 7.61. The van der Waals surface area contributed by atoms with Gasteiger partial charge in [-0.1, -0.05) is 23.2 Å². The maximum absolute atomic E-state index is 12.5. The minimum absolute atomic E-state index is 0.158. The minimum atomic E-state index is -4.37. The Morgan fingerprint density at radius 2 is 1.83 bits per heavy atom. The van der Waals surface area contributed by atoms with Crippen LogP contribution in [0, 0.1) is 13.8 Å². The van der Waals surface area contributed by atoms with Gasteiger partial charge in [0.15, 0.2) is 0 Å². The Kier molecular flexibility index (Phi) is 9.27. The summed E-state index contributed by atoms with van der Waals surface area (Å²) >= 11 is 11.1. The molecule has 0 saturated heterocycles. The third-order valence-corrected chi connectivity index (χ3v) is 4.43. The predicted molar refractivity (Wildman–Crippen MR) is 112 cm³/mol. The number of alkyl halides is 3. The van der Waals surface area contributed by atoms with Crippen LogP contribution in [0.25, 0.3) is 0 Å². The van der Waals surface area contributed by atoms with Gasteiger partial charge in [0.05, 0.1) is 17.9 Å². The molecule has 0 aliphatic carbocycles. The van der Waals surface area contributed by atoms with E-state index in [1.807, 2.05) is 26.0 Å². The minimum Gasteiger partial charge on any atom is -0.493 e. The normalized spacial score (nSPS) is 11.3. The summed E-state index contributed by atoms with van der Waals surface area (Å²) in [4.78, 5) is 3.83. The topological polar surface area (TPSA) is 43.4 Å². The molecule has 0 spiro atoms. The van der Waals surface area contributed by atoms with Crippen molar-refractivity contribution in [3.63, 3.8) is 0 Å². The molecule has 1 aromatic heterocycles. The quantitative estimate of drug-likeness (QED) is 0.441. The molecule has 0 unspecified atom stereocenters. The molecular formula is C21H23Cl2F3N2O2. The number of benzene rings is 1. The Labute approximate surface area is 184 Å². The van der Waals surface area contributed by atoms with Gasteiger partial charge >= 0.3 is 6.18 Å². The van der Waals surface area contributed by atoms with Gasteiger partial charge in [-0.3, -0.25) is 4.98 Å². The average Bonchev–Trinajstić information content (AvgIpc) is 2.65. The van der Waals surface area contributed by atoms with Gasteiger partial charge < -0.3 is 14.8 Å². The number of nitrogens with one attached hydrogen (secondary N) is 1. The van der Waals surface area contributed by atoms with Crippen molar-refractivity contribution >= 4 is 23.2 Å². The van der Waals surface area contributed by atoms with Gasteiger partial charge in [0.2, 0.25) is 0 Å². The molecule has 164 valence electrons. The first-order valence-electron chi connectivity index (χ1n) is 9.27. The highest BCUT2D eigenvalue weighted by Crippen LogP contribution is 2.29. The van der Waals surface area contributed by atoms with Crippen molar-refractivity contribution in [3.05, 3.63) is 63.4 Å². The van der Waals surface area contributed by atoms with Crippen LogP contribution in [0.15, 0.2) is 41.0 Å². The highest BCUT2D eigenvalue weighted by molar-refractivity contribution is 6.55. The van der Waals surface area contributed by atoms with Crippen molar-refractivity contribution in [1.82, 2.24) is 10.3 Å². The Morgan fingerprint density at radius 3 is 2.40 bits per heavy atom. The lowest BCUT2D eigenvalue weighted by molar-refractivity contribution is -0.137. The monoisotopic (exact) mass is 462 g/mol. The van der Waals surface area contributed by atoms with Crippen molar-refractivity contribution < 1.29 is 22.6 Å². The molecule has 1 N–H and O–H groups in total. The van der Waals surface area contributed by atoms with E-state index in [2.05, 4.69) is 10.3 Å². The first kappa shape index (κ1) is 24.3. The van der Waals surface area contributed by atoms with E-state index in [-0.39, 0.29) is 11.1 Å². The van der Waals surface area contributed by atoms with Crippen LogP contribution in [-0.4, -0.2) is 24.7 Å². The summed E-state index contributed by atoms with van der Waals surface area (Å²) in [7, 11) is 0. The van der Waals surface area contributed by atoms with E-state index in [1.165, 1.54) is 6.07 Å². The largest absolute Gasteiger partial charge is 0.493 e. The van der Waals surface area contributed by atoms with E-state index in [9.17, 15) is 13.2 Å². The Hall–Kier alpha value is -1.96. The molecule has 0 fully saturated rings. The van der Waals surface area contributed by atoms with E-state index >= 15 is 0 Å². The second kappa shape index (κ2) is 11.4. The smallest absolute Gasteiger partial charge is 0.417 e. The van der Waals surface area contributed by atoms with Gasteiger partial charge in [-0.15, -0.1) is 0 Å². The third-order valence-electron chi connectivity index (χ3n) is 4.12. The van der Waals surface area contributed by atoms with Crippen LogP contribution in [0.5, 0.6) is 11.5 Å². The summed E-state index contributed by atoms with van der Waals surface area (Å²) in [5.41, 5.74) is 1.71. The molecule has 0 saturated carbocycles. The van der Waals surface area contributed by atoms with Crippen LogP contribution in [0.1, 0.15) is 28.8 Å². The molecule has 2 rings (SSSR count). The van der Waals surface area contributed by atoms with Crippen molar-refractivity contribution in [1.29, 1.82) is 0 Å². The fourth-order valence-electron chi connectivity index (χ4n) is 2.71. The van der Waals surface area contributed by atoms with Crippen LogP contribution in [0.3, 0.4) is 0 Å². The average molecular weight is 463 g/mol. The summed E-state index contributed by atoms with van der Waals surface area (Å²) in [6.07, 6.45) is -1.23. The number of aromatic nitrogens is 1. The second-order valence-electron chi connectivity index (χ2n) is 6.61. The zero-order valence-corrected chi connectivity index (χ0v) is 18.2. The number of ether oxygens (including phenoxy) is 2. The molecule has 2 aromatic rings. The zero-order chi connectivity index (χ0) is 22.1. The first-order chi connectivity index (χ1) is 14.2. The Bertz CT molecular complexity index is 829. The fourth-order valence-corrected chi connectivity index (χ4v) is 2.83. The van der Waals surface area contributed by atoms with E-state index in [0.29, 0.717) is 31.1 Å².